The average Bonchev–Trinajstić information content (AvgIpc) is 2.10. The van der Waals surface area contributed by atoms with Gasteiger partial charge in [-0.1, -0.05) is 29.3 Å². The van der Waals surface area contributed by atoms with E-state index in [4.69, 9.17) is 10.8 Å². The van der Waals surface area contributed by atoms with E-state index < -0.39 is 11.5 Å². The van der Waals surface area contributed by atoms with Crippen molar-refractivity contribution in [2.75, 3.05) is 0 Å². The summed E-state index contributed by atoms with van der Waals surface area (Å²) in [5.41, 5.74) is 8.84. The Kier molecular flexibility index (Phi) is 3.94. The van der Waals surface area contributed by atoms with Crippen molar-refractivity contribution in [3.8, 4) is 0 Å². The molecule has 1 aromatic rings. The van der Waals surface area contributed by atoms with Gasteiger partial charge in [-0.3, -0.25) is 4.79 Å². The third-order valence-electron chi connectivity index (χ3n) is 2.92. The maximum absolute atomic E-state index is 10.9. The number of hydrogen-bond acceptors (Lipinski definition) is 2. The zero-order valence-electron chi connectivity index (χ0n) is 10.9. The van der Waals surface area contributed by atoms with E-state index in [1.165, 1.54) is 0 Å². The Morgan fingerprint density at radius 2 is 1.76 bits per heavy atom. The first kappa shape index (κ1) is 13.7. The maximum atomic E-state index is 10.9. The van der Waals surface area contributed by atoms with Crippen LogP contribution in [0, 0.1) is 13.8 Å². The monoisotopic (exact) mass is 235 g/mol. The number of nitrogens with two attached hydrogens (primary N) is 1. The van der Waals surface area contributed by atoms with Gasteiger partial charge in [-0.05, 0) is 33.3 Å². The lowest BCUT2D eigenvalue weighted by molar-refractivity contribution is -0.137. The lowest BCUT2D eigenvalue weighted by Crippen LogP contribution is -2.40. The summed E-state index contributed by atoms with van der Waals surface area (Å²) < 4.78 is 0. The van der Waals surface area contributed by atoms with Crippen LogP contribution >= 0.6 is 0 Å². The van der Waals surface area contributed by atoms with Gasteiger partial charge in [0.05, 0.1) is 6.42 Å². The molecule has 0 aliphatic carbocycles. The topological polar surface area (TPSA) is 63.3 Å². The normalized spacial score (nSPS) is 13.5. The van der Waals surface area contributed by atoms with E-state index in [1.54, 1.807) is 0 Å². The third-order valence-corrected chi connectivity index (χ3v) is 2.92. The standard InChI is InChI=1S/C14H21NO2/c1-9-5-10(2)7-11(6-9)12(8-13(16)17)14(3,4)15/h5-7,12H,8,15H2,1-4H3,(H,16,17). The Hall–Kier alpha value is -1.35. The molecule has 0 fully saturated rings. The lowest BCUT2D eigenvalue weighted by Gasteiger charge is -2.30. The quantitative estimate of drug-likeness (QED) is 0.843. The van der Waals surface area contributed by atoms with Gasteiger partial charge in [-0.25, -0.2) is 0 Å². The smallest absolute Gasteiger partial charge is 0.304 e. The molecule has 0 radical (unpaired) electrons. The molecule has 1 unspecified atom stereocenters. The molecule has 0 aromatic heterocycles. The van der Waals surface area contributed by atoms with Crippen LogP contribution in [-0.2, 0) is 4.79 Å². The van der Waals surface area contributed by atoms with Gasteiger partial charge in [0.15, 0.2) is 0 Å². The molecule has 0 spiro atoms. The molecule has 0 aliphatic rings. The zero-order valence-corrected chi connectivity index (χ0v) is 10.9. The minimum Gasteiger partial charge on any atom is -0.481 e. The second kappa shape index (κ2) is 4.88. The van der Waals surface area contributed by atoms with Gasteiger partial charge in [-0.2, -0.15) is 0 Å². The molecule has 0 saturated heterocycles. The van der Waals surface area contributed by atoms with Crippen LogP contribution in [0.3, 0.4) is 0 Å². The first-order chi connectivity index (χ1) is 7.70. The predicted molar refractivity (Wildman–Crippen MR) is 69.2 cm³/mol. The van der Waals surface area contributed by atoms with Crippen LogP contribution in [0.2, 0.25) is 0 Å². The first-order valence-electron chi connectivity index (χ1n) is 5.79. The van der Waals surface area contributed by atoms with Crippen molar-refractivity contribution in [1.29, 1.82) is 0 Å². The molecule has 0 aliphatic heterocycles. The second-order valence-corrected chi connectivity index (χ2v) is 5.39. The molecular formula is C14H21NO2. The van der Waals surface area contributed by atoms with Gasteiger partial charge in [0.1, 0.15) is 0 Å². The number of aliphatic carboxylic acids is 1. The van der Waals surface area contributed by atoms with Gasteiger partial charge in [-0.15, -0.1) is 0 Å². The molecule has 1 aromatic carbocycles. The summed E-state index contributed by atoms with van der Waals surface area (Å²) in [6.45, 7) is 7.77. The van der Waals surface area contributed by atoms with E-state index in [2.05, 4.69) is 6.07 Å². The van der Waals surface area contributed by atoms with Crippen molar-refractivity contribution >= 4 is 5.97 Å². The van der Waals surface area contributed by atoms with Crippen molar-refractivity contribution in [2.24, 2.45) is 5.73 Å². The highest BCUT2D eigenvalue weighted by atomic mass is 16.4. The highest BCUT2D eigenvalue weighted by molar-refractivity contribution is 5.68. The number of carbonyl (C=O) groups is 1. The Morgan fingerprint density at radius 1 is 1.29 bits per heavy atom. The molecule has 0 saturated carbocycles. The Labute approximate surface area is 103 Å². The SMILES string of the molecule is Cc1cc(C)cc(C(CC(=O)O)C(C)(C)N)c1. The highest BCUT2D eigenvalue weighted by Crippen LogP contribution is 2.30. The van der Waals surface area contributed by atoms with Crippen LogP contribution < -0.4 is 5.73 Å². The summed E-state index contributed by atoms with van der Waals surface area (Å²) in [7, 11) is 0. The summed E-state index contributed by atoms with van der Waals surface area (Å²) in [6, 6.07) is 6.12. The van der Waals surface area contributed by atoms with Gasteiger partial charge in [0, 0.05) is 11.5 Å². The molecule has 1 atom stereocenters. The lowest BCUT2D eigenvalue weighted by atomic mass is 9.79. The van der Waals surface area contributed by atoms with Crippen molar-refractivity contribution in [3.05, 3.63) is 34.9 Å². The van der Waals surface area contributed by atoms with Crippen LogP contribution in [0.1, 0.15) is 42.9 Å². The number of benzene rings is 1. The molecule has 1 rings (SSSR count). The van der Waals surface area contributed by atoms with Crippen LogP contribution in [0.4, 0.5) is 0 Å². The van der Waals surface area contributed by atoms with E-state index in [0.717, 1.165) is 16.7 Å². The van der Waals surface area contributed by atoms with Crippen LogP contribution in [0.25, 0.3) is 0 Å². The number of carboxylic acid groups (broad SMARTS) is 1. The summed E-state index contributed by atoms with van der Waals surface area (Å²) in [4.78, 5) is 10.9. The van der Waals surface area contributed by atoms with E-state index in [1.807, 2.05) is 39.8 Å². The van der Waals surface area contributed by atoms with Gasteiger partial charge < -0.3 is 10.8 Å². The van der Waals surface area contributed by atoms with Crippen molar-refractivity contribution in [1.82, 2.24) is 0 Å². The number of aryl methyl sites for hydroxylation is 2. The fourth-order valence-electron chi connectivity index (χ4n) is 2.20. The number of rotatable bonds is 4. The average molecular weight is 235 g/mol. The molecule has 0 amide bonds. The molecular weight excluding hydrogens is 214 g/mol. The molecule has 3 heteroatoms. The Bertz CT molecular complexity index is 398. The first-order valence-corrected chi connectivity index (χ1v) is 5.79. The van der Waals surface area contributed by atoms with E-state index in [0.29, 0.717) is 0 Å². The van der Waals surface area contributed by atoms with Crippen LogP contribution in [0.15, 0.2) is 18.2 Å². The van der Waals surface area contributed by atoms with Crippen molar-refractivity contribution < 1.29 is 9.90 Å². The second-order valence-electron chi connectivity index (χ2n) is 5.39. The highest BCUT2D eigenvalue weighted by Gasteiger charge is 2.29. The molecule has 17 heavy (non-hydrogen) atoms. The molecule has 0 bridgehead atoms. The van der Waals surface area contributed by atoms with Crippen molar-refractivity contribution in [3.63, 3.8) is 0 Å². The molecule has 94 valence electrons. The van der Waals surface area contributed by atoms with E-state index in [9.17, 15) is 4.79 Å². The van der Waals surface area contributed by atoms with Crippen LogP contribution in [0.5, 0.6) is 0 Å². The minimum absolute atomic E-state index is 0.0619. The molecule has 0 heterocycles. The number of hydrogen-bond donors (Lipinski definition) is 2. The summed E-state index contributed by atoms with van der Waals surface area (Å²) in [5.74, 6) is -0.980. The number of carboxylic acids is 1. The zero-order chi connectivity index (χ0) is 13.2. The van der Waals surface area contributed by atoms with Gasteiger partial charge >= 0.3 is 5.97 Å². The summed E-state index contributed by atoms with van der Waals surface area (Å²) >= 11 is 0. The Morgan fingerprint density at radius 3 is 2.12 bits per heavy atom. The van der Waals surface area contributed by atoms with Gasteiger partial charge in [0.2, 0.25) is 0 Å². The molecule has 3 N–H and O–H groups in total. The molecule has 3 nitrogen and oxygen atoms in total. The van der Waals surface area contributed by atoms with Crippen molar-refractivity contribution in [2.45, 2.75) is 45.6 Å². The maximum Gasteiger partial charge on any atom is 0.304 e. The van der Waals surface area contributed by atoms with Gasteiger partial charge in [0.25, 0.3) is 0 Å². The fourth-order valence-corrected chi connectivity index (χ4v) is 2.20. The predicted octanol–water partition coefficient (Wildman–Crippen LogP) is 2.60. The Balaban J connectivity index is 3.17. The summed E-state index contributed by atoms with van der Waals surface area (Å²) in [5, 5.41) is 8.99. The summed E-state index contributed by atoms with van der Waals surface area (Å²) in [6.07, 6.45) is 0.0619. The largest absolute Gasteiger partial charge is 0.481 e. The minimum atomic E-state index is -0.812. The van der Waals surface area contributed by atoms with Crippen LogP contribution in [-0.4, -0.2) is 16.6 Å². The van der Waals surface area contributed by atoms with E-state index in [-0.39, 0.29) is 12.3 Å². The van der Waals surface area contributed by atoms with E-state index >= 15 is 0 Å². The fraction of sp³-hybridized carbons (Fsp3) is 0.500. The third kappa shape index (κ3) is 3.86.